The van der Waals surface area contributed by atoms with E-state index in [9.17, 15) is 14.4 Å². The van der Waals surface area contributed by atoms with E-state index < -0.39 is 6.16 Å². The Morgan fingerprint density at radius 2 is 1.73 bits per heavy atom. The fourth-order valence-electron chi connectivity index (χ4n) is 3.37. The normalized spacial score (nSPS) is 14.1. The Morgan fingerprint density at radius 1 is 1.03 bits per heavy atom. The summed E-state index contributed by atoms with van der Waals surface area (Å²) in [7, 11) is 0. The number of rotatable bonds is 5. The Balaban J connectivity index is 1.50. The number of amides is 2. The smallest absolute Gasteiger partial charge is 0.434 e. The fraction of sp³-hybridized carbons (Fsp3) is 0.348. The van der Waals surface area contributed by atoms with Crippen LogP contribution >= 0.6 is 0 Å². The van der Waals surface area contributed by atoms with Crippen molar-refractivity contribution in [3.63, 3.8) is 0 Å². The van der Waals surface area contributed by atoms with Crippen LogP contribution in [0.2, 0.25) is 0 Å². The third-order valence-electron chi connectivity index (χ3n) is 4.96. The molecule has 1 fully saturated rings. The van der Waals surface area contributed by atoms with Gasteiger partial charge in [0.15, 0.2) is 0 Å². The molecule has 158 valence electrons. The van der Waals surface area contributed by atoms with E-state index in [1.807, 2.05) is 25.1 Å². The SMILES string of the molecule is CCOC(=O)Oc1ccc(C(=O)N2CCC(NC(=O)c3cccc(C)c3)CC2)cc1. The number of carbonyl (C=O) groups is 3. The molecule has 1 N–H and O–H groups in total. The summed E-state index contributed by atoms with van der Waals surface area (Å²) >= 11 is 0. The molecular formula is C23H26N2O5. The van der Waals surface area contributed by atoms with E-state index >= 15 is 0 Å². The lowest BCUT2D eigenvalue weighted by molar-refractivity contribution is 0.0698. The first kappa shape index (κ1) is 21.4. The zero-order valence-electron chi connectivity index (χ0n) is 17.2. The number of hydrogen-bond acceptors (Lipinski definition) is 5. The van der Waals surface area contributed by atoms with Gasteiger partial charge >= 0.3 is 6.16 Å². The first-order chi connectivity index (χ1) is 14.5. The van der Waals surface area contributed by atoms with E-state index in [0.29, 0.717) is 42.8 Å². The minimum atomic E-state index is -0.772. The molecule has 7 nitrogen and oxygen atoms in total. The number of aryl methyl sites for hydroxylation is 1. The highest BCUT2D eigenvalue weighted by molar-refractivity contribution is 5.95. The van der Waals surface area contributed by atoms with E-state index in [-0.39, 0.29) is 24.5 Å². The number of likely N-dealkylation sites (tertiary alicyclic amines) is 1. The summed E-state index contributed by atoms with van der Waals surface area (Å²) in [5.74, 6) is 0.157. The van der Waals surface area contributed by atoms with Gasteiger partial charge < -0.3 is 19.7 Å². The second-order valence-corrected chi connectivity index (χ2v) is 7.22. The molecule has 1 aliphatic heterocycles. The summed E-state index contributed by atoms with van der Waals surface area (Å²) < 4.78 is 9.73. The van der Waals surface area contributed by atoms with Crippen LogP contribution in [0, 0.1) is 6.92 Å². The van der Waals surface area contributed by atoms with Crippen molar-refractivity contribution < 1.29 is 23.9 Å². The minimum absolute atomic E-state index is 0.0439. The standard InChI is InChI=1S/C23H26N2O5/c1-3-29-23(28)30-20-9-7-17(8-10-20)22(27)25-13-11-19(12-14-25)24-21(26)18-6-4-5-16(2)15-18/h4-10,15,19H,3,11-14H2,1-2H3,(H,24,26). The molecule has 0 radical (unpaired) electrons. The third-order valence-corrected chi connectivity index (χ3v) is 4.96. The monoisotopic (exact) mass is 410 g/mol. The van der Waals surface area contributed by atoms with E-state index in [2.05, 4.69) is 5.32 Å². The molecule has 0 aliphatic carbocycles. The molecular weight excluding hydrogens is 384 g/mol. The third kappa shape index (κ3) is 5.59. The molecule has 0 atom stereocenters. The van der Waals surface area contributed by atoms with E-state index in [0.717, 1.165) is 5.56 Å². The Hall–Kier alpha value is -3.35. The number of nitrogens with one attached hydrogen (secondary N) is 1. The lowest BCUT2D eigenvalue weighted by Gasteiger charge is -2.32. The van der Waals surface area contributed by atoms with Crippen LogP contribution in [0.3, 0.4) is 0 Å². The number of nitrogens with zero attached hydrogens (tertiary/aromatic N) is 1. The van der Waals surface area contributed by atoms with Crippen LogP contribution in [0.1, 0.15) is 46.0 Å². The molecule has 0 spiro atoms. The van der Waals surface area contributed by atoms with Gasteiger partial charge in [-0.1, -0.05) is 17.7 Å². The maximum atomic E-state index is 12.7. The molecule has 7 heteroatoms. The van der Waals surface area contributed by atoms with Gasteiger partial charge in [-0.25, -0.2) is 4.79 Å². The number of hydrogen-bond donors (Lipinski definition) is 1. The summed E-state index contributed by atoms with van der Waals surface area (Å²) in [5, 5.41) is 3.06. The average Bonchev–Trinajstić information content (AvgIpc) is 2.74. The van der Waals surface area contributed by atoms with Crippen molar-refractivity contribution in [2.24, 2.45) is 0 Å². The fourth-order valence-corrected chi connectivity index (χ4v) is 3.37. The molecule has 0 bridgehead atoms. The highest BCUT2D eigenvalue weighted by Gasteiger charge is 2.25. The summed E-state index contributed by atoms with van der Waals surface area (Å²) in [5.41, 5.74) is 2.22. The molecule has 2 aromatic rings. The van der Waals surface area contributed by atoms with Crippen molar-refractivity contribution in [2.75, 3.05) is 19.7 Å². The summed E-state index contributed by atoms with van der Waals surface area (Å²) in [4.78, 5) is 38.3. The van der Waals surface area contributed by atoms with Crippen LogP contribution in [-0.2, 0) is 4.74 Å². The first-order valence-corrected chi connectivity index (χ1v) is 10.1. The lowest BCUT2D eigenvalue weighted by atomic mass is 10.0. The quantitative estimate of drug-likeness (QED) is 0.602. The molecule has 2 aromatic carbocycles. The maximum Gasteiger partial charge on any atom is 0.513 e. The zero-order chi connectivity index (χ0) is 21.5. The van der Waals surface area contributed by atoms with E-state index in [4.69, 9.17) is 9.47 Å². The molecule has 3 rings (SSSR count). The van der Waals surface area contributed by atoms with Crippen LogP contribution < -0.4 is 10.1 Å². The summed E-state index contributed by atoms with van der Waals surface area (Å²) in [6.07, 6.45) is 0.632. The van der Waals surface area contributed by atoms with Gasteiger partial charge in [0, 0.05) is 30.3 Å². The Kier molecular flexibility index (Phi) is 7.06. The van der Waals surface area contributed by atoms with Gasteiger partial charge in [0.05, 0.1) is 6.61 Å². The van der Waals surface area contributed by atoms with Gasteiger partial charge in [0.2, 0.25) is 0 Å². The van der Waals surface area contributed by atoms with Crippen molar-refractivity contribution in [2.45, 2.75) is 32.7 Å². The number of piperidine rings is 1. The number of ether oxygens (including phenoxy) is 2. The molecule has 0 aromatic heterocycles. The van der Waals surface area contributed by atoms with Crippen molar-refractivity contribution in [1.82, 2.24) is 10.2 Å². The Labute approximate surface area is 176 Å². The highest BCUT2D eigenvalue weighted by atomic mass is 16.7. The minimum Gasteiger partial charge on any atom is -0.434 e. The van der Waals surface area contributed by atoms with Gasteiger partial charge in [0.1, 0.15) is 5.75 Å². The van der Waals surface area contributed by atoms with E-state index in [1.165, 1.54) is 0 Å². The predicted octanol–water partition coefficient (Wildman–Crippen LogP) is 3.56. The van der Waals surface area contributed by atoms with Gasteiger partial charge in [0.25, 0.3) is 11.8 Å². The topological polar surface area (TPSA) is 84.9 Å². The van der Waals surface area contributed by atoms with Crippen molar-refractivity contribution in [1.29, 1.82) is 0 Å². The van der Waals surface area contributed by atoms with Crippen molar-refractivity contribution in [3.05, 3.63) is 65.2 Å². The summed E-state index contributed by atoms with van der Waals surface area (Å²) in [6.45, 7) is 5.02. The van der Waals surface area contributed by atoms with Gasteiger partial charge in [-0.2, -0.15) is 0 Å². The molecule has 1 heterocycles. The maximum absolute atomic E-state index is 12.7. The summed E-state index contributed by atoms with van der Waals surface area (Å²) in [6, 6.07) is 13.9. The van der Waals surface area contributed by atoms with Crippen LogP contribution in [-0.4, -0.2) is 48.6 Å². The molecule has 30 heavy (non-hydrogen) atoms. The Bertz CT molecular complexity index is 902. The second kappa shape index (κ2) is 9.91. The lowest BCUT2D eigenvalue weighted by Crippen LogP contribution is -2.46. The highest BCUT2D eigenvalue weighted by Crippen LogP contribution is 2.18. The van der Waals surface area contributed by atoms with Crippen molar-refractivity contribution in [3.8, 4) is 5.75 Å². The molecule has 1 aliphatic rings. The zero-order valence-corrected chi connectivity index (χ0v) is 17.2. The molecule has 0 saturated carbocycles. The van der Waals surface area contributed by atoms with Crippen LogP contribution in [0.15, 0.2) is 48.5 Å². The average molecular weight is 410 g/mol. The predicted molar refractivity (Wildman–Crippen MR) is 112 cm³/mol. The number of benzene rings is 2. The molecule has 1 saturated heterocycles. The van der Waals surface area contributed by atoms with Gasteiger partial charge in [-0.15, -0.1) is 0 Å². The number of carbonyl (C=O) groups excluding carboxylic acids is 3. The van der Waals surface area contributed by atoms with Crippen molar-refractivity contribution >= 4 is 18.0 Å². The van der Waals surface area contributed by atoms with E-state index in [1.54, 1.807) is 42.2 Å². The first-order valence-electron chi connectivity index (χ1n) is 10.1. The van der Waals surface area contributed by atoms with Crippen LogP contribution in [0.5, 0.6) is 5.75 Å². The molecule has 0 unspecified atom stereocenters. The van der Waals surface area contributed by atoms with Gasteiger partial charge in [-0.3, -0.25) is 9.59 Å². The van der Waals surface area contributed by atoms with Crippen LogP contribution in [0.4, 0.5) is 4.79 Å². The largest absolute Gasteiger partial charge is 0.513 e. The van der Waals surface area contributed by atoms with Crippen LogP contribution in [0.25, 0.3) is 0 Å². The Morgan fingerprint density at radius 3 is 2.37 bits per heavy atom. The molecule has 2 amide bonds. The second-order valence-electron chi connectivity index (χ2n) is 7.22. The van der Waals surface area contributed by atoms with Gasteiger partial charge in [-0.05, 0) is 63.1 Å².